The SMILES string of the molecule is COc1ncc(N2CC(O[C@H]3CCN(C(=O)c4cn(C)cn4)C3)Oc3ccccc32)cc1N. The van der Waals surface area contributed by atoms with E-state index in [0.29, 0.717) is 42.6 Å². The highest BCUT2D eigenvalue weighted by Crippen LogP contribution is 2.39. The minimum absolute atomic E-state index is 0.0852. The molecular formula is C23H26N6O4. The van der Waals surface area contributed by atoms with E-state index < -0.39 is 6.29 Å². The average molecular weight is 450 g/mol. The quantitative estimate of drug-likeness (QED) is 0.630. The van der Waals surface area contributed by atoms with Crippen LogP contribution in [-0.2, 0) is 11.8 Å². The fourth-order valence-electron chi connectivity index (χ4n) is 4.22. The number of nitrogens with two attached hydrogens (primary N) is 1. The molecule has 1 aromatic carbocycles. The van der Waals surface area contributed by atoms with Crippen molar-refractivity contribution in [3.8, 4) is 11.6 Å². The number of likely N-dealkylation sites (tertiary alicyclic amines) is 1. The number of benzene rings is 1. The molecule has 0 saturated carbocycles. The maximum absolute atomic E-state index is 12.7. The summed E-state index contributed by atoms with van der Waals surface area (Å²) in [6.45, 7) is 1.56. The Labute approximate surface area is 191 Å². The predicted octanol–water partition coefficient (Wildman–Crippen LogP) is 2.19. The summed E-state index contributed by atoms with van der Waals surface area (Å²) in [5.41, 5.74) is 8.71. The Kier molecular flexibility index (Phi) is 5.51. The van der Waals surface area contributed by atoms with E-state index in [1.54, 1.807) is 28.2 Å². The number of imidazole rings is 1. The lowest BCUT2D eigenvalue weighted by Gasteiger charge is -2.36. The van der Waals surface area contributed by atoms with Gasteiger partial charge in [-0.15, -0.1) is 0 Å². The van der Waals surface area contributed by atoms with Gasteiger partial charge in [-0.25, -0.2) is 9.97 Å². The van der Waals surface area contributed by atoms with Crippen LogP contribution in [0.5, 0.6) is 11.6 Å². The molecule has 33 heavy (non-hydrogen) atoms. The van der Waals surface area contributed by atoms with E-state index in [-0.39, 0.29) is 12.0 Å². The van der Waals surface area contributed by atoms with Crippen molar-refractivity contribution in [3.63, 3.8) is 0 Å². The van der Waals surface area contributed by atoms with E-state index in [0.717, 1.165) is 17.8 Å². The highest BCUT2D eigenvalue weighted by Gasteiger charge is 2.34. The zero-order valence-corrected chi connectivity index (χ0v) is 18.5. The van der Waals surface area contributed by atoms with Crippen LogP contribution in [0.4, 0.5) is 17.1 Å². The summed E-state index contributed by atoms with van der Waals surface area (Å²) in [7, 11) is 3.38. The number of fused-ring (bicyclic) bond motifs is 1. The summed E-state index contributed by atoms with van der Waals surface area (Å²) in [4.78, 5) is 25.0. The fourth-order valence-corrected chi connectivity index (χ4v) is 4.22. The van der Waals surface area contributed by atoms with Gasteiger partial charge in [-0.2, -0.15) is 0 Å². The number of nitrogen functional groups attached to an aromatic ring is 1. The molecule has 0 bridgehead atoms. The van der Waals surface area contributed by atoms with Crippen molar-refractivity contribution >= 4 is 23.0 Å². The van der Waals surface area contributed by atoms with Crippen molar-refractivity contribution in [2.45, 2.75) is 18.8 Å². The first-order valence-corrected chi connectivity index (χ1v) is 10.8. The molecule has 1 saturated heterocycles. The maximum atomic E-state index is 12.7. The van der Waals surface area contributed by atoms with E-state index >= 15 is 0 Å². The number of carbonyl (C=O) groups excluding carboxylic acids is 1. The lowest BCUT2D eigenvalue weighted by atomic mass is 10.2. The summed E-state index contributed by atoms with van der Waals surface area (Å²) in [6, 6.07) is 9.59. The number of hydrogen-bond donors (Lipinski definition) is 1. The number of amides is 1. The largest absolute Gasteiger partial charge is 0.480 e. The van der Waals surface area contributed by atoms with Crippen LogP contribution in [0.1, 0.15) is 16.9 Å². The number of nitrogens with zero attached hydrogens (tertiary/aromatic N) is 5. The van der Waals surface area contributed by atoms with E-state index in [1.165, 1.54) is 7.11 Å². The van der Waals surface area contributed by atoms with Crippen LogP contribution in [-0.4, -0.2) is 64.5 Å². The highest BCUT2D eigenvalue weighted by atomic mass is 16.7. The van der Waals surface area contributed by atoms with Crippen molar-refractivity contribution in [3.05, 3.63) is 54.7 Å². The summed E-state index contributed by atoms with van der Waals surface area (Å²) in [6.07, 6.45) is 5.16. The molecule has 1 unspecified atom stereocenters. The van der Waals surface area contributed by atoms with Gasteiger partial charge < -0.3 is 34.3 Å². The first-order chi connectivity index (χ1) is 16.0. The molecule has 0 radical (unpaired) electrons. The molecule has 1 amide bonds. The summed E-state index contributed by atoms with van der Waals surface area (Å²) < 4.78 is 19.4. The fraction of sp³-hybridized carbons (Fsp3) is 0.348. The Morgan fingerprint density at radius 1 is 1.24 bits per heavy atom. The summed E-state index contributed by atoms with van der Waals surface area (Å²) >= 11 is 0. The molecule has 2 aromatic heterocycles. The second kappa shape index (κ2) is 8.62. The molecule has 2 N–H and O–H groups in total. The summed E-state index contributed by atoms with van der Waals surface area (Å²) in [5, 5.41) is 0. The van der Waals surface area contributed by atoms with Crippen molar-refractivity contribution in [2.75, 3.05) is 37.4 Å². The maximum Gasteiger partial charge on any atom is 0.274 e. The number of aromatic nitrogens is 3. The Bertz CT molecular complexity index is 1170. The van der Waals surface area contributed by atoms with Gasteiger partial charge in [-0.3, -0.25) is 4.79 Å². The molecule has 5 rings (SSSR count). The standard InChI is InChI=1S/C23H26N6O4/c1-27-12-18(26-14-27)23(30)28-8-7-16(11-28)32-21-13-29(19-5-3-4-6-20(19)33-21)15-9-17(24)22(31-2)25-10-15/h3-6,9-10,12,14,16,21H,7-8,11,13,24H2,1-2H3/t16-,21?/m0/s1. The molecule has 2 atom stereocenters. The number of ether oxygens (including phenoxy) is 3. The second-order valence-electron chi connectivity index (χ2n) is 8.14. The van der Waals surface area contributed by atoms with Crippen LogP contribution in [0.3, 0.4) is 0 Å². The Balaban J connectivity index is 1.31. The number of pyridine rings is 1. The van der Waals surface area contributed by atoms with Crippen molar-refractivity contribution < 1.29 is 19.0 Å². The van der Waals surface area contributed by atoms with Crippen LogP contribution in [0, 0.1) is 0 Å². The zero-order chi connectivity index (χ0) is 22.9. The van der Waals surface area contributed by atoms with Gasteiger partial charge in [0.05, 0.1) is 49.3 Å². The second-order valence-corrected chi connectivity index (χ2v) is 8.14. The summed E-state index contributed by atoms with van der Waals surface area (Å²) in [5.74, 6) is 1.01. The molecule has 3 aromatic rings. The molecule has 2 aliphatic heterocycles. The van der Waals surface area contributed by atoms with Crippen LogP contribution in [0.25, 0.3) is 0 Å². The van der Waals surface area contributed by atoms with E-state index in [2.05, 4.69) is 14.9 Å². The predicted molar refractivity (Wildman–Crippen MR) is 122 cm³/mol. The number of anilines is 3. The number of rotatable bonds is 5. The van der Waals surface area contributed by atoms with Gasteiger partial charge in [-0.05, 0) is 24.6 Å². The van der Waals surface area contributed by atoms with Crippen LogP contribution < -0.4 is 20.1 Å². The Morgan fingerprint density at radius 2 is 2.09 bits per heavy atom. The van der Waals surface area contributed by atoms with Crippen LogP contribution in [0.2, 0.25) is 0 Å². The molecule has 172 valence electrons. The third-order valence-electron chi connectivity index (χ3n) is 5.82. The van der Waals surface area contributed by atoms with Crippen molar-refractivity contribution in [1.82, 2.24) is 19.4 Å². The average Bonchev–Trinajstić information content (AvgIpc) is 3.47. The molecule has 10 heteroatoms. The zero-order valence-electron chi connectivity index (χ0n) is 18.5. The van der Waals surface area contributed by atoms with Crippen molar-refractivity contribution in [2.24, 2.45) is 7.05 Å². The number of hydrogen-bond acceptors (Lipinski definition) is 8. The number of carbonyl (C=O) groups is 1. The molecular weight excluding hydrogens is 424 g/mol. The van der Waals surface area contributed by atoms with E-state index in [4.69, 9.17) is 19.9 Å². The number of aryl methyl sites for hydroxylation is 1. The van der Waals surface area contributed by atoms with E-state index in [9.17, 15) is 4.79 Å². The van der Waals surface area contributed by atoms with Gasteiger partial charge in [0.2, 0.25) is 12.2 Å². The van der Waals surface area contributed by atoms with Crippen molar-refractivity contribution in [1.29, 1.82) is 0 Å². The monoisotopic (exact) mass is 450 g/mol. The first-order valence-electron chi connectivity index (χ1n) is 10.8. The number of methoxy groups -OCH3 is 1. The van der Waals surface area contributed by atoms with Gasteiger partial charge in [-0.1, -0.05) is 12.1 Å². The normalized spacial score (nSPS) is 19.8. The minimum Gasteiger partial charge on any atom is -0.480 e. The van der Waals surface area contributed by atoms with Crippen LogP contribution >= 0.6 is 0 Å². The topological polar surface area (TPSA) is 108 Å². The molecule has 10 nitrogen and oxygen atoms in total. The minimum atomic E-state index is -0.516. The molecule has 0 aliphatic carbocycles. The molecule has 0 spiro atoms. The number of para-hydroxylation sites is 2. The smallest absolute Gasteiger partial charge is 0.274 e. The van der Waals surface area contributed by atoms with Gasteiger partial charge in [0.1, 0.15) is 11.4 Å². The molecule has 4 heterocycles. The van der Waals surface area contributed by atoms with E-state index in [1.807, 2.05) is 37.4 Å². The lowest BCUT2D eigenvalue weighted by molar-refractivity contribution is -0.111. The van der Waals surface area contributed by atoms with Crippen LogP contribution in [0.15, 0.2) is 49.1 Å². The van der Waals surface area contributed by atoms with Gasteiger partial charge in [0.15, 0.2) is 0 Å². The Morgan fingerprint density at radius 3 is 2.85 bits per heavy atom. The Hall–Kier alpha value is -3.79. The highest BCUT2D eigenvalue weighted by molar-refractivity contribution is 5.92. The molecule has 2 aliphatic rings. The third kappa shape index (κ3) is 4.17. The van der Waals surface area contributed by atoms with Gasteiger partial charge in [0, 0.05) is 26.3 Å². The van der Waals surface area contributed by atoms with Gasteiger partial charge in [0.25, 0.3) is 5.91 Å². The molecule has 1 fully saturated rings. The first kappa shape index (κ1) is 21.1. The lowest BCUT2D eigenvalue weighted by Crippen LogP contribution is -2.42. The van der Waals surface area contributed by atoms with Gasteiger partial charge >= 0.3 is 0 Å². The third-order valence-corrected chi connectivity index (χ3v) is 5.82.